The SMILES string of the molecule is C/C=C\C=C(/C)CN(Cc1ccc(-c2ccc(/C=C\NC)cc2)cc1F)C(C)=O. The average molecular weight is 393 g/mol. The fraction of sp³-hybridized carbons (Fsp3) is 0.240. The first kappa shape index (κ1) is 22.2. The van der Waals surface area contributed by atoms with Gasteiger partial charge in [0.25, 0.3) is 0 Å². The molecule has 0 heterocycles. The first-order valence-corrected chi connectivity index (χ1v) is 9.71. The summed E-state index contributed by atoms with van der Waals surface area (Å²) in [6.45, 7) is 6.14. The summed E-state index contributed by atoms with van der Waals surface area (Å²) in [6.07, 6.45) is 9.66. The number of carbonyl (C=O) groups excluding carboxylic acids is 1. The van der Waals surface area contributed by atoms with Crippen LogP contribution in [-0.2, 0) is 11.3 Å². The molecule has 0 bridgehead atoms. The third kappa shape index (κ3) is 6.75. The second-order valence-corrected chi connectivity index (χ2v) is 6.96. The number of allylic oxidation sites excluding steroid dienone is 3. The zero-order valence-electron chi connectivity index (χ0n) is 17.6. The third-order valence-electron chi connectivity index (χ3n) is 4.56. The molecule has 0 aliphatic rings. The second kappa shape index (κ2) is 11.0. The molecule has 0 saturated heterocycles. The van der Waals surface area contributed by atoms with Gasteiger partial charge < -0.3 is 10.2 Å². The van der Waals surface area contributed by atoms with Crippen molar-refractivity contribution in [3.05, 3.63) is 89.4 Å². The highest BCUT2D eigenvalue weighted by atomic mass is 19.1. The summed E-state index contributed by atoms with van der Waals surface area (Å²) in [5, 5.41) is 2.96. The number of hydrogen-bond acceptors (Lipinski definition) is 2. The second-order valence-electron chi connectivity index (χ2n) is 6.96. The van der Waals surface area contributed by atoms with Crippen molar-refractivity contribution < 1.29 is 9.18 Å². The molecule has 0 aliphatic carbocycles. The van der Waals surface area contributed by atoms with E-state index in [2.05, 4.69) is 5.32 Å². The van der Waals surface area contributed by atoms with Crippen LogP contribution in [0.5, 0.6) is 0 Å². The molecule has 4 heteroatoms. The average Bonchev–Trinajstić information content (AvgIpc) is 2.71. The van der Waals surface area contributed by atoms with Gasteiger partial charge in [0, 0.05) is 32.6 Å². The predicted octanol–water partition coefficient (Wildman–Crippen LogP) is 5.55. The summed E-state index contributed by atoms with van der Waals surface area (Å²) in [6, 6.07) is 13.1. The Morgan fingerprint density at radius 1 is 1.10 bits per heavy atom. The van der Waals surface area contributed by atoms with E-state index in [0.717, 1.165) is 22.3 Å². The number of rotatable bonds is 8. The van der Waals surface area contributed by atoms with Gasteiger partial charge >= 0.3 is 0 Å². The van der Waals surface area contributed by atoms with Crippen LogP contribution < -0.4 is 5.32 Å². The van der Waals surface area contributed by atoms with Gasteiger partial charge in [0.15, 0.2) is 0 Å². The molecule has 0 saturated carbocycles. The molecule has 0 unspecified atom stereocenters. The van der Waals surface area contributed by atoms with Crippen LogP contribution in [-0.4, -0.2) is 24.4 Å². The van der Waals surface area contributed by atoms with Gasteiger partial charge in [0.2, 0.25) is 5.91 Å². The first-order valence-electron chi connectivity index (χ1n) is 9.71. The van der Waals surface area contributed by atoms with E-state index in [1.54, 1.807) is 11.0 Å². The van der Waals surface area contributed by atoms with Crippen molar-refractivity contribution in [3.8, 4) is 11.1 Å². The van der Waals surface area contributed by atoms with Crippen molar-refractivity contribution >= 4 is 12.0 Å². The van der Waals surface area contributed by atoms with Crippen LogP contribution in [0.1, 0.15) is 31.9 Å². The van der Waals surface area contributed by atoms with E-state index in [1.165, 1.54) is 13.0 Å². The van der Waals surface area contributed by atoms with Crippen LogP contribution >= 0.6 is 0 Å². The molecule has 0 aromatic heterocycles. The fourth-order valence-corrected chi connectivity index (χ4v) is 2.92. The largest absolute Gasteiger partial charge is 0.394 e. The highest BCUT2D eigenvalue weighted by Crippen LogP contribution is 2.24. The minimum Gasteiger partial charge on any atom is -0.394 e. The maximum absolute atomic E-state index is 14.8. The van der Waals surface area contributed by atoms with Gasteiger partial charge in [-0.25, -0.2) is 4.39 Å². The molecule has 2 aromatic rings. The van der Waals surface area contributed by atoms with Gasteiger partial charge in [-0.3, -0.25) is 4.79 Å². The highest BCUT2D eigenvalue weighted by molar-refractivity contribution is 5.73. The van der Waals surface area contributed by atoms with E-state index in [4.69, 9.17) is 0 Å². The topological polar surface area (TPSA) is 32.3 Å². The van der Waals surface area contributed by atoms with E-state index >= 15 is 0 Å². The summed E-state index contributed by atoms with van der Waals surface area (Å²) in [5.74, 6) is -0.380. The Bertz CT molecular complexity index is 911. The lowest BCUT2D eigenvalue weighted by atomic mass is 10.0. The van der Waals surface area contributed by atoms with Crippen molar-refractivity contribution in [2.24, 2.45) is 0 Å². The number of nitrogens with one attached hydrogen (secondary N) is 1. The molecular weight excluding hydrogens is 363 g/mol. The van der Waals surface area contributed by atoms with Crippen molar-refractivity contribution in [1.29, 1.82) is 0 Å². The standard InChI is InChI=1S/C25H29FN2O/c1-5-6-7-19(2)17-28(20(3)29)18-24-13-12-23(16-25(24)26)22-10-8-21(9-11-22)14-15-27-4/h5-16,27H,17-18H2,1-4H3/b6-5-,15-14-,19-7+. The van der Waals surface area contributed by atoms with E-state index in [1.807, 2.05) is 81.7 Å². The maximum atomic E-state index is 14.8. The van der Waals surface area contributed by atoms with Crippen LogP contribution in [0.2, 0.25) is 0 Å². The molecule has 2 aromatic carbocycles. The number of hydrogen-bond donors (Lipinski definition) is 1. The fourth-order valence-electron chi connectivity index (χ4n) is 2.92. The Balaban J connectivity index is 2.17. The maximum Gasteiger partial charge on any atom is 0.220 e. The van der Waals surface area contributed by atoms with E-state index in [9.17, 15) is 9.18 Å². The molecule has 0 spiro atoms. The molecule has 1 amide bonds. The summed E-state index contributed by atoms with van der Waals surface area (Å²) in [7, 11) is 1.85. The lowest BCUT2D eigenvalue weighted by Crippen LogP contribution is -2.30. The summed E-state index contributed by atoms with van der Waals surface area (Å²) >= 11 is 0. The van der Waals surface area contributed by atoms with Crippen molar-refractivity contribution in [3.63, 3.8) is 0 Å². The molecule has 152 valence electrons. The zero-order valence-corrected chi connectivity index (χ0v) is 17.6. The monoisotopic (exact) mass is 392 g/mol. The van der Waals surface area contributed by atoms with Crippen LogP contribution in [0.4, 0.5) is 4.39 Å². The smallest absolute Gasteiger partial charge is 0.220 e. The normalized spacial score (nSPS) is 12.0. The lowest BCUT2D eigenvalue weighted by Gasteiger charge is -2.22. The summed E-state index contributed by atoms with van der Waals surface area (Å²) in [5.41, 5.74) is 4.39. The Morgan fingerprint density at radius 2 is 1.79 bits per heavy atom. The van der Waals surface area contributed by atoms with Gasteiger partial charge in [-0.05, 0) is 48.9 Å². The molecular formula is C25H29FN2O. The van der Waals surface area contributed by atoms with Gasteiger partial charge in [-0.15, -0.1) is 0 Å². The molecule has 0 atom stereocenters. The first-order chi connectivity index (χ1) is 13.9. The van der Waals surface area contributed by atoms with Crippen LogP contribution in [0.3, 0.4) is 0 Å². The Kier molecular flexibility index (Phi) is 8.41. The van der Waals surface area contributed by atoms with Crippen LogP contribution in [0.25, 0.3) is 17.2 Å². The summed E-state index contributed by atoms with van der Waals surface area (Å²) in [4.78, 5) is 13.7. The Labute approximate surface area is 173 Å². The van der Waals surface area contributed by atoms with Crippen LogP contribution in [0.15, 0.2) is 72.5 Å². The highest BCUT2D eigenvalue weighted by Gasteiger charge is 2.13. The van der Waals surface area contributed by atoms with E-state index in [0.29, 0.717) is 12.1 Å². The Hall–Kier alpha value is -3.14. The number of nitrogens with zero attached hydrogens (tertiary/aromatic N) is 1. The van der Waals surface area contributed by atoms with Gasteiger partial charge in [-0.2, -0.15) is 0 Å². The number of benzene rings is 2. The minimum absolute atomic E-state index is 0.0769. The van der Waals surface area contributed by atoms with E-state index < -0.39 is 0 Å². The molecule has 0 radical (unpaired) electrons. The molecule has 2 rings (SSSR count). The van der Waals surface area contributed by atoms with E-state index in [-0.39, 0.29) is 18.3 Å². The minimum atomic E-state index is -0.303. The Morgan fingerprint density at radius 3 is 2.38 bits per heavy atom. The number of amides is 1. The zero-order chi connectivity index (χ0) is 21.2. The molecule has 3 nitrogen and oxygen atoms in total. The predicted molar refractivity (Wildman–Crippen MR) is 120 cm³/mol. The molecule has 1 N–H and O–H groups in total. The third-order valence-corrected chi connectivity index (χ3v) is 4.56. The molecule has 29 heavy (non-hydrogen) atoms. The molecule has 0 aliphatic heterocycles. The number of carbonyl (C=O) groups is 1. The van der Waals surface area contributed by atoms with Crippen molar-refractivity contribution in [2.75, 3.05) is 13.6 Å². The van der Waals surface area contributed by atoms with Crippen LogP contribution in [0, 0.1) is 5.82 Å². The number of halogens is 1. The summed E-state index contributed by atoms with van der Waals surface area (Å²) < 4.78 is 14.8. The molecule has 0 fully saturated rings. The van der Waals surface area contributed by atoms with Crippen molar-refractivity contribution in [1.82, 2.24) is 10.2 Å². The van der Waals surface area contributed by atoms with Gasteiger partial charge in [-0.1, -0.05) is 60.2 Å². The lowest BCUT2D eigenvalue weighted by molar-refractivity contribution is -0.129. The van der Waals surface area contributed by atoms with Gasteiger partial charge in [0.1, 0.15) is 5.82 Å². The van der Waals surface area contributed by atoms with Crippen molar-refractivity contribution in [2.45, 2.75) is 27.3 Å². The quantitative estimate of drug-likeness (QED) is 0.597. The van der Waals surface area contributed by atoms with Gasteiger partial charge in [0.05, 0.1) is 0 Å².